The standard InChI is InChI=1S/C25H20N2O3/c1-29-19-13-11-18(12-14-19)25-26-15-16-27(25)22-23(28)20-9-5-6-10-21(20)30-24(22)17-7-3-2-4-8-17/h2-16,22,24H,1H3. The number of hydrogen-bond acceptors (Lipinski definition) is 4. The molecular formula is C25H20N2O3. The highest BCUT2D eigenvalue weighted by atomic mass is 16.5. The lowest BCUT2D eigenvalue weighted by molar-refractivity contribution is 0.0680. The van der Waals surface area contributed by atoms with Crippen LogP contribution in [0.5, 0.6) is 11.5 Å². The van der Waals surface area contributed by atoms with Crippen molar-refractivity contribution in [1.82, 2.24) is 9.55 Å². The molecule has 1 aliphatic rings. The number of para-hydroxylation sites is 1. The van der Waals surface area contributed by atoms with Crippen LogP contribution < -0.4 is 9.47 Å². The number of aromatic nitrogens is 2. The molecule has 3 aromatic carbocycles. The van der Waals surface area contributed by atoms with Crippen LogP contribution in [0.4, 0.5) is 0 Å². The van der Waals surface area contributed by atoms with Crippen LogP contribution >= 0.6 is 0 Å². The van der Waals surface area contributed by atoms with E-state index in [1.165, 1.54) is 0 Å². The van der Waals surface area contributed by atoms with E-state index >= 15 is 0 Å². The molecule has 1 aromatic heterocycles. The van der Waals surface area contributed by atoms with Gasteiger partial charge in [-0.1, -0.05) is 42.5 Å². The fraction of sp³-hybridized carbons (Fsp3) is 0.120. The predicted molar refractivity (Wildman–Crippen MR) is 114 cm³/mol. The maximum atomic E-state index is 13.6. The first-order valence-electron chi connectivity index (χ1n) is 9.78. The second-order valence-corrected chi connectivity index (χ2v) is 7.14. The third kappa shape index (κ3) is 3.05. The van der Waals surface area contributed by atoms with E-state index in [9.17, 15) is 4.79 Å². The first-order valence-corrected chi connectivity index (χ1v) is 9.78. The number of carbonyl (C=O) groups is 1. The van der Waals surface area contributed by atoms with E-state index in [1.807, 2.05) is 89.6 Å². The highest BCUT2D eigenvalue weighted by Gasteiger charge is 2.40. The van der Waals surface area contributed by atoms with E-state index in [0.29, 0.717) is 17.1 Å². The number of ketones is 1. The van der Waals surface area contributed by atoms with Gasteiger partial charge in [0.25, 0.3) is 0 Å². The van der Waals surface area contributed by atoms with Crippen LogP contribution in [0.1, 0.15) is 28.1 Å². The molecule has 0 spiro atoms. The molecule has 5 nitrogen and oxygen atoms in total. The van der Waals surface area contributed by atoms with Gasteiger partial charge in [-0.25, -0.2) is 4.98 Å². The van der Waals surface area contributed by atoms with E-state index in [1.54, 1.807) is 13.3 Å². The summed E-state index contributed by atoms with van der Waals surface area (Å²) >= 11 is 0. The number of methoxy groups -OCH3 is 1. The minimum atomic E-state index is -0.568. The summed E-state index contributed by atoms with van der Waals surface area (Å²) in [5.41, 5.74) is 2.43. The molecular weight excluding hydrogens is 376 g/mol. The lowest BCUT2D eigenvalue weighted by Gasteiger charge is -2.34. The smallest absolute Gasteiger partial charge is 0.193 e. The quantitative estimate of drug-likeness (QED) is 0.481. The van der Waals surface area contributed by atoms with Gasteiger partial charge in [-0.2, -0.15) is 0 Å². The number of fused-ring (bicyclic) bond motifs is 1. The molecule has 0 saturated heterocycles. The van der Waals surface area contributed by atoms with Crippen molar-refractivity contribution in [3.63, 3.8) is 0 Å². The Morgan fingerprint density at radius 2 is 1.67 bits per heavy atom. The number of benzene rings is 3. The zero-order valence-electron chi connectivity index (χ0n) is 16.4. The Morgan fingerprint density at radius 1 is 0.933 bits per heavy atom. The van der Waals surface area contributed by atoms with Crippen LogP contribution in [0.15, 0.2) is 91.3 Å². The fourth-order valence-electron chi connectivity index (χ4n) is 3.94. The fourth-order valence-corrected chi connectivity index (χ4v) is 3.94. The van der Waals surface area contributed by atoms with Gasteiger partial charge in [0, 0.05) is 18.0 Å². The lowest BCUT2D eigenvalue weighted by Crippen LogP contribution is -2.34. The summed E-state index contributed by atoms with van der Waals surface area (Å²) in [5.74, 6) is 2.10. The molecule has 0 saturated carbocycles. The van der Waals surface area contributed by atoms with Crippen molar-refractivity contribution in [2.75, 3.05) is 7.11 Å². The molecule has 2 unspecified atom stereocenters. The SMILES string of the molecule is COc1ccc(-c2nccn2C2C(=O)c3ccccc3OC2c2ccccc2)cc1. The number of Topliss-reactive ketones (excluding diaryl/α,β-unsaturated/α-hetero) is 1. The molecule has 2 atom stereocenters. The van der Waals surface area contributed by atoms with Crippen LogP contribution in [0.3, 0.4) is 0 Å². The lowest BCUT2D eigenvalue weighted by atomic mass is 9.91. The second-order valence-electron chi connectivity index (χ2n) is 7.14. The van der Waals surface area contributed by atoms with Gasteiger partial charge in [-0.05, 0) is 42.0 Å². The maximum absolute atomic E-state index is 13.6. The summed E-state index contributed by atoms with van der Waals surface area (Å²) in [7, 11) is 1.63. The van der Waals surface area contributed by atoms with Crippen LogP contribution in [0.25, 0.3) is 11.4 Å². The van der Waals surface area contributed by atoms with Gasteiger partial charge in [-0.15, -0.1) is 0 Å². The van der Waals surface area contributed by atoms with Crippen molar-refractivity contribution >= 4 is 5.78 Å². The van der Waals surface area contributed by atoms with E-state index in [4.69, 9.17) is 9.47 Å². The molecule has 5 rings (SSSR count). The van der Waals surface area contributed by atoms with Crippen LogP contribution in [0, 0.1) is 0 Å². The van der Waals surface area contributed by atoms with Gasteiger partial charge in [0.2, 0.25) is 0 Å². The number of hydrogen-bond donors (Lipinski definition) is 0. The van der Waals surface area contributed by atoms with Gasteiger partial charge < -0.3 is 14.0 Å². The highest BCUT2D eigenvalue weighted by molar-refractivity contribution is 6.03. The average molecular weight is 396 g/mol. The minimum Gasteiger partial charge on any atom is -0.497 e. The molecule has 0 amide bonds. The zero-order chi connectivity index (χ0) is 20.5. The Hall–Kier alpha value is -3.86. The van der Waals surface area contributed by atoms with Crippen molar-refractivity contribution in [1.29, 1.82) is 0 Å². The minimum absolute atomic E-state index is 0.0125. The van der Waals surface area contributed by atoms with Gasteiger partial charge in [-0.3, -0.25) is 4.79 Å². The molecule has 30 heavy (non-hydrogen) atoms. The summed E-state index contributed by atoms with van der Waals surface area (Å²) in [6.07, 6.45) is 3.10. The Labute approximate surface area is 174 Å². The summed E-state index contributed by atoms with van der Waals surface area (Å²) in [6, 6.07) is 24.3. The Morgan fingerprint density at radius 3 is 2.43 bits per heavy atom. The number of nitrogens with zero attached hydrogens (tertiary/aromatic N) is 2. The average Bonchev–Trinajstić information content (AvgIpc) is 3.29. The first-order chi connectivity index (χ1) is 14.8. The van der Waals surface area contributed by atoms with Crippen LogP contribution in [0.2, 0.25) is 0 Å². The third-order valence-corrected chi connectivity index (χ3v) is 5.41. The van der Waals surface area contributed by atoms with E-state index in [0.717, 1.165) is 16.9 Å². The van der Waals surface area contributed by atoms with Gasteiger partial charge >= 0.3 is 0 Å². The van der Waals surface area contributed by atoms with Gasteiger partial charge in [0.15, 0.2) is 11.9 Å². The normalized spacial score (nSPS) is 17.8. The Kier molecular flexibility index (Phi) is 4.56. The van der Waals surface area contributed by atoms with Crippen molar-refractivity contribution in [3.05, 3.63) is 102 Å². The molecule has 0 bridgehead atoms. The third-order valence-electron chi connectivity index (χ3n) is 5.41. The number of imidazole rings is 1. The first kappa shape index (κ1) is 18.2. The van der Waals surface area contributed by atoms with Crippen molar-refractivity contribution in [2.24, 2.45) is 0 Å². The molecule has 0 fully saturated rings. The second kappa shape index (κ2) is 7.52. The molecule has 5 heteroatoms. The van der Waals surface area contributed by atoms with Crippen LogP contribution in [-0.2, 0) is 0 Å². The summed E-state index contributed by atoms with van der Waals surface area (Å²) in [6.45, 7) is 0. The largest absolute Gasteiger partial charge is 0.497 e. The van der Waals surface area contributed by atoms with E-state index in [-0.39, 0.29) is 5.78 Å². The molecule has 148 valence electrons. The van der Waals surface area contributed by atoms with Gasteiger partial charge in [0.1, 0.15) is 23.4 Å². The topological polar surface area (TPSA) is 53.4 Å². The van der Waals surface area contributed by atoms with E-state index < -0.39 is 12.1 Å². The molecule has 2 heterocycles. The molecule has 4 aromatic rings. The molecule has 0 radical (unpaired) electrons. The summed E-state index contributed by atoms with van der Waals surface area (Å²) < 4.78 is 13.5. The molecule has 1 aliphatic heterocycles. The summed E-state index contributed by atoms with van der Waals surface area (Å²) in [5, 5.41) is 0. The summed E-state index contributed by atoms with van der Waals surface area (Å²) in [4.78, 5) is 18.2. The van der Waals surface area contributed by atoms with Crippen molar-refractivity contribution in [2.45, 2.75) is 12.1 Å². The predicted octanol–water partition coefficient (Wildman–Crippen LogP) is 5.12. The monoisotopic (exact) mass is 396 g/mol. The maximum Gasteiger partial charge on any atom is 0.193 e. The van der Waals surface area contributed by atoms with Crippen molar-refractivity contribution < 1.29 is 14.3 Å². The Bertz CT molecular complexity index is 1180. The Balaban J connectivity index is 1.64. The van der Waals surface area contributed by atoms with Crippen molar-refractivity contribution in [3.8, 4) is 22.9 Å². The number of ether oxygens (including phenoxy) is 2. The molecule has 0 aliphatic carbocycles. The zero-order valence-corrected chi connectivity index (χ0v) is 16.4. The molecule has 0 N–H and O–H groups in total. The number of carbonyl (C=O) groups excluding carboxylic acids is 1. The van der Waals surface area contributed by atoms with E-state index in [2.05, 4.69) is 4.98 Å². The highest BCUT2D eigenvalue weighted by Crippen LogP contribution is 2.42. The van der Waals surface area contributed by atoms with Gasteiger partial charge in [0.05, 0.1) is 12.7 Å². The van der Waals surface area contributed by atoms with Crippen LogP contribution in [-0.4, -0.2) is 22.4 Å². The number of rotatable bonds is 4.